The number of carboxylic acids is 1. The summed E-state index contributed by atoms with van der Waals surface area (Å²) in [4.78, 5) is 19.9. The summed E-state index contributed by atoms with van der Waals surface area (Å²) in [6, 6.07) is 21.3. The van der Waals surface area contributed by atoms with Gasteiger partial charge in [-0.25, -0.2) is 0 Å². The molecule has 2 N–H and O–H groups in total. The highest BCUT2D eigenvalue weighted by Gasteiger charge is 2.34. The number of hydrogen-bond acceptors (Lipinski definition) is 3. The van der Waals surface area contributed by atoms with E-state index in [0.717, 1.165) is 43.9 Å². The first-order valence-corrected chi connectivity index (χ1v) is 11.1. The maximum atomic E-state index is 12.2. The average Bonchev–Trinajstić information content (AvgIpc) is 3.23. The van der Waals surface area contributed by atoms with Crippen LogP contribution >= 0.6 is 11.6 Å². The minimum absolute atomic E-state index is 0.385. The van der Waals surface area contributed by atoms with Gasteiger partial charge in [0.05, 0.1) is 10.6 Å². The molecule has 0 fully saturated rings. The van der Waals surface area contributed by atoms with E-state index < -0.39 is 11.4 Å². The van der Waals surface area contributed by atoms with Gasteiger partial charge in [0.2, 0.25) is 0 Å². The number of nitrogens with zero attached hydrogens (tertiary/aromatic N) is 2. The number of aromatic nitrogens is 2. The Hall–Kier alpha value is -4.14. The summed E-state index contributed by atoms with van der Waals surface area (Å²) in [7, 11) is 0. The molecule has 5 nitrogen and oxygen atoms in total. The molecule has 0 aliphatic carbocycles. The van der Waals surface area contributed by atoms with Crippen LogP contribution in [0.2, 0.25) is 5.02 Å². The van der Waals surface area contributed by atoms with Crippen LogP contribution < -0.4 is 0 Å². The van der Waals surface area contributed by atoms with Crippen LogP contribution in [0.3, 0.4) is 0 Å². The zero-order valence-corrected chi connectivity index (χ0v) is 19.3. The third-order valence-electron chi connectivity index (χ3n) is 6.32. The van der Waals surface area contributed by atoms with Gasteiger partial charge in [-0.3, -0.25) is 9.78 Å². The highest BCUT2D eigenvalue weighted by molar-refractivity contribution is 6.32. The molecular formula is C28H20ClN3O2. The maximum Gasteiger partial charge on any atom is 0.315 e. The number of para-hydroxylation sites is 1. The number of aliphatic carboxylic acids is 1. The second kappa shape index (κ2) is 8.02. The summed E-state index contributed by atoms with van der Waals surface area (Å²) in [5.74, 6) is -0.904. The SMILES string of the molecule is CC(C)(C(=O)O)c1[nH]c2ccccc2c1-c1ccc2cncc(-c3ccc(C#N)c(Cl)c3)c2c1. The smallest absolute Gasteiger partial charge is 0.315 e. The second-order valence-corrected chi connectivity index (χ2v) is 9.19. The van der Waals surface area contributed by atoms with Gasteiger partial charge in [-0.05, 0) is 54.6 Å². The second-order valence-electron chi connectivity index (χ2n) is 8.78. The molecule has 0 saturated carbocycles. The molecule has 0 radical (unpaired) electrons. The highest BCUT2D eigenvalue weighted by Crippen LogP contribution is 2.41. The molecule has 0 atom stereocenters. The lowest BCUT2D eigenvalue weighted by atomic mass is 9.84. The molecule has 2 heterocycles. The van der Waals surface area contributed by atoms with Gasteiger partial charge in [0.25, 0.3) is 0 Å². The van der Waals surface area contributed by atoms with E-state index in [0.29, 0.717) is 16.3 Å². The van der Waals surface area contributed by atoms with Crippen LogP contribution in [-0.4, -0.2) is 21.0 Å². The Bertz CT molecular complexity index is 1640. The van der Waals surface area contributed by atoms with E-state index in [2.05, 4.69) is 22.1 Å². The molecule has 3 aromatic carbocycles. The zero-order valence-electron chi connectivity index (χ0n) is 18.6. The van der Waals surface area contributed by atoms with Crippen molar-refractivity contribution in [3.63, 3.8) is 0 Å². The number of rotatable bonds is 4. The summed E-state index contributed by atoms with van der Waals surface area (Å²) in [6.45, 7) is 3.41. The van der Waals surface area contributed by atoms with Crippen molar-refractivity contribution in [1.82, 2.24) is 9.97 Å². The standard InChI is InChI=1S/C28H20ClN3O2/c1-28(2,27(33)34)26-25(20-5-3-4-6-24(20)32-26)17-8-10-19-14-31-15-22(21(19)11-17)16-7-9-18(13-30)23(29)12-16/h3-12,14-15,32H,1-2H3,(H,33,34). The highest BCUT2D eigenvalue weighted by atomic mass is 35.5. The summed E-state index contributed by atoms with van der Waals surface area (Å²) in [5.41, 5.74) is 4.33. The first-order valence-electron chi connectivity index (χ1n) is 10.7. The molecule has 5 rings (SSSR count). The van der Waals surface area contributed by atoms with Crippen LogP contribution in [0.25, 0.3) is 43.9 Å². The number of nitrogens with one attached hydrogen (secondary N) is 1. The van der Waals surface area contributed by atoms with Crippen molar-refractivity contribution < 1.29 is 9.90 Å². The van der Waals surface area contributed by atoms with E-state index in [1.165, 1.54) is 0 Å². The Labute approximate surface area is 201 Å². The lowest BCUT2D eigenvalue weighted by Crippen LogP contribution is -2.29. The van der Waals surface area contributed by atoms with Crippen molar-refractivity contribution in [3.8, 4) is 28.3 Å². The molecule has 166 valence electrons. The monoisotopic (exact) mass is 465 g/mol. The molecule has 0 aliphatic heterocycles. The van der Waals surface area contributed by atoms with Crippen LogP contribution in [0.15, 0.2) is 73.1 Å². The first kappa shape index (κ1) is 21.7. The van der Waals surface area contributed by atoms with E-state index in [9.17, 15) is 15.2 Å². The normalized spacial score (nSPS) is 11.6. The molecule has 6 heteroatoms. The van der Waals surface area contributed by atoms with Gasteiger partial charge in [-0.15, -0.1) is 0 Å². The topological polar surface area (TPSA) is 89.8 Å². The van der Waals surface area contributed by atoms with Crippen LogP contribution in [0.5, 0.6) is 0 Å². The van der Waals surface area contributed by atoms with Crippen LogP contribution in [-0.2, 0) is 10.2 Å². The Balaban J connectivity index is 1.79. The van der Waals surface area contributed by atoms with E-state index in [-0.39, 0.29) is 0 Å². The van der Waals surface area contributed by atoms with Crippen LogP contribution in [0.1, 0.15) is 25.1 Å². The van der Waals surface area contributed by atoms with E-state index >= 15 is 0 Å². The molecule has 0 aliphatic rings. The van der Waals surface area contributed by atoms with Crippen molar-refractivity contribution in [1.29, 1.82) is 5.26 Å². The Kier molecular flexibility index (Phi) is 5.11. The number of halogens is 1. The molecule has 0 saturated heterocycles. The minimum Gasteiger partial charge on any atom is -0.481 e. The molecule has 0 spiro atoms. The summed E-state index contributed by atoms with van der Waals surface area (Å²) < 4.78 is 0. The fourth-order valence-corrected chi connectivity index (χ4v) is 4.56. The molecule has 34 heavy (non-hydrogen) atoms. The fraction of sp³-hybridized carbons (Fsp3) is 0.107. The van der Waals surface area contributed by atoms with E-state index in [1.54, 1.807) is 38.4 Å². The number of aromatic amines is 1. The average molecular weight is 466 g/mol. The van der Waals surface area contributed by atoms with Gasteiger partial charge in [0.15, 0.2) is 0 Å². The Morgan fingerprint density at radius 3 is 2.53 bits per heavy atom. The zero-order chi connectivity index (χ0) is 24.0. The van der Waals surface area contributed by atoms with Crippen LogP contribution in [0.4, 0.5) is 0 Å². The van der Waals surface area contributed by atoms with Crippen molar-refractivity contribution in [2.75, 3.05) is 0 Å². The van der Waals surface area contributed by atoms with Crippen LogP contribution in [0, 0.1) is 11.3 Å². The molecule has 0 amide bonds. The number of fused-ring (bicyclic) bond motifs is 2. The van der Waals surface area contributed by atoms with Gasteiger partial charge >= 0.3 is 5.97 Å². The maximum absolute atomic E-state index is 12.2. The fourth-order valence-electron chi connectivity index (χ4n) is 4.34. The third-order valence-corrected chi connectivity index (χ3v) is 6.63. The number of carbonyl (C=O) groups is 1. The number of benzene rings is 3. The molecule has 2 aromatic heterocycles. The summed E-state index contributed by atoms with van der Waals surface area (Å²) in [6.07, 6.45) is 3.58. The van der Waals surface area contributed by atoms with E-state index in [1.807, 2.05) is 42.5 Å². The largest absolute Gasteiger partial charge is 0.481 e. The van der Waals surface area contributed by atoms with Crippen molar-refractivity contribution in [2.45, 2.75) is 19.3 Å². The molecule has 5 aromatic rings. The van der Waals surface area contributed by atoms with E-state index in [4.69, 9.17) is 11.6 Å². The number of hydrogen-bond donors (Lipinski definition) is 2. The number of nitriles is 1. The van der Waals surface area contributed by atoms with Gasteiger partial charge in [-0.1, -0.05) is 48.0 Å². The van der Waals surface area contributed by atoms with Gasteiger partial charge in [0.1, 0.15) is 11.5 Å². The number of pyridine rings is 1. The first-order chi connectivity index (χ1) is 16.3. The Morgan fingerprint density at radius 2 is 1.79 bits per heavy atom. The number of H-pyrrole nitrogens is 1. The van der Waals surface area contributed by atoms with Crippen molar-refractivity contribution >= 4 is 39.2 Å². The number of carboxylic acid groups (broad SMARTS) is 1. The molecular weight excluding hydrogens is 446 g/mol. The Morgan fingerprint density at radius 1 is 1.03 bits per heavy atom. The van der Waals surface area contributed by atoms with Crippen molar-refractivity contribution in [2.24, 2.45) is 0 Å². The van der Waals surface area contributed by atoms with Gasteiger partial charge in [0, 0.05) is 45.5 Å². The lowest BCUT2D eigenvalue weighted by molar-refractivity contribution is -0.142. The van der Waals surface area contributed by atoms with Gasteiger partial charge < -0.3 is 10.1 Å². The summed E-state index contributed by atoms with van der Waals surface area (Å²) in [5, 5.41) is 22.4. The summed E-state index contributed by atoms with van der Waals surface area (Å²) >= 11 is 6.31. The lowest BCUT2D eigenvalue weighted by Gasteiger charge is -2.20. The quantitative estimate of drug-likeness (QED) is 0.301. The molecule has 0 bridgehead atoms. The third kappa shape index (κ3) is 3.40. The predicted molar refractivity (Wildman–Crippen MR) is 135 cm³/mol. The minimum atomic E-state index is -1.12. The predicted octanol–water partition coefficient (Wildman–Crippen LogP) is 6.94. The van der Waals surface area contributed by atoms with Crippen molar-refractivity contribution in [3.05, 3.63) is 89.3 Å². The molecule has 0 unspecified atom stereocenters. The van der Waals surface area contributed by atoms with Gasteiger partial charge in [-0.2, -0.15) is 5.26 Å².